The summed E-state index contributed by atoms with van der Waals surface area (Å²) in [6.45, 7) is 1.91. The molecule has 0 bridgehead atoms. The fourth-order valence-corrected chi connectivity index (χ4v) is 4.07. The Kier molecular flexibility index (Phi) is 6.12. The summed E-state index contributed by atoms with van der Waals surface area (Å²) >= 11 is 1.92. The molecule has 0 atom stereocenters. The van der Waals surface area contributed by atoms with E-state index in [9.17, 15) is 18.0 Å². The van der Waals surface area contributed by atoms with E-state index >= 15 is 0 Å². The molecule has 2 aromatic heterocycles. The Hall–Kier alpha value is -3.08. The number of thioether (sulfide) groups is 1. The molecular formula is C20H19F3N6OS. The Bertz CT molecular complexity index is 1050. The third-order valence-corrected chi connectivity index (χ3v) is 5.63. The summed E-state index contributed by atoms with van der Waals surface area (Å²) in [4.78, 5) is 23.1. The molecule has 3 heterocycles. The molecule has 1 aliphatic heterocycles. The van der Waals surface area contributed by atoms with E-state index in [1.165, 1.54) is 23.0 Å². The van der Waals surface area contributed by atoms with Crippen LogP contribution in [0, 0.1) is 0 Å². The van der Waals surface area contributed by atoms with Crippen molar-refractivity contribution in [2.24, 2.45) is 0 Å². The summed E-state index contributed by atoms with van der Waals surface area (Å²) in [6, 6.07) is 4.71. The van der Waals surface area contributed by atoms with E-state index < -0.39 is 17.6 Å². The van der Waals surface area contributed by atoms with Gasteiger partial charge in [0.2, 0.25) is 5.91 Å². The summed E-state index contributed by atoms with van der Waals surface area (Å²) in [6.07, 6.45) is 1.84. The monoisotopic (exact) mass is 448 g/mol. The van der Waals surface area contributed by atoms with Gasteiger partial charge in [-0.05, 0) is 11.6 Å². The molecule has 162 valence electrons. The number of amides is 1. The fraction of sp³-hybridized carbons (Fsp3) is 0.300. The Labute approximate surface area is 180 Å². The van der Waals surface area contributed by atoms with Crippen LogP contribution in [0.1, 0.15) is 11.1 Å². The van der Waals surface area contributed by atoms with Gasteiger partial charge in [0, 0.05) is 24.6 Å². The smallest absolute Gasteiger partial charge is 0.367 e. The number of nitrogens with one attached hydrogen (secondary N) is 1. The number of benzene rings is 1. The average Bonchev–Trinajstić information content (AvgIpc) is 3.22. The molecule has 1 amide bonds. The van der Waals surface area contributed by atoms with Gasteiger partial charge in [0.15, 0.2) is 0 Å². The topological polar surface area (TPSA) is 75.9 Å². The minimum absolute atomic E-state index is 0.186. The van der Waals surface area contributed by atoms with Gasteiger partial charge in [-0.1, -0.05) is 18.2 Å². The van der Waals surface area contributed by atoms with Gasteiger partial charge < -0.3 is 10.2 Å². The highest BCUT2D eigenvalue weighted by Crippen LogP contribution is 2.29. The van der Waals surface area contributed by atoms with Gasteiger partial charge in [-0.15, -0.1) is 0 Å². The van der Waals surface area contributed by atoms with Gasteiger partial charge in [0.1, 0.15) is 0 Å². The molecule has 1 aromatic carbocycles. The zero-order valence-corrected chi connectivity index (χ0v) is 17.2. The van der Waals surface area contributed by atoms with Crippen LogP contribution in [0.5, 0.6) is 0 Å². The Balaban J connectivity index is 1.38. The molecule has 7 nitrogen and oxygen atoms in total. The molecule has 31 heavy (non-hydrogen) atoms. The first-order valence-corrected chi connectivity index (χ1v) is 10.7. The maximum atomic E-state index is 12.8. The molecule has 1 N–H and O–H groups in total. The number of anilines is 2. The van der Waals surface area contributed by atoms with Crippen LogP contribution < -0.4 is 10.2 Å². The molecule has 1 fully saturated rings. The second-order valence-corrected chi connectivity index (χ2v) is 8.16. The van der Waals surface area contributed by atoms with Crippen LogP contribution >= 0.6 is 11.8 Å². The highest BCUT2D eigenvalue weighted by Gasteiger charge is 2.30. The lowest BCUT2D eigenvalue weighted by molar-refractivity contribution is -0.137. The number of hydrogen-bond donors (Lipinski definition) is 1. The third kappa shape index (κ3) is 5.35. The summed E-state index contributed by atoms with van der Waals surface area (Å²) < 4.78 is 39.9. The number of carbonyl (C=O) groups is 1. The van der Waals surface area contributed by atoms with Crippen molar-refractivity contribution in [1.82, 2.24) is 19.7 Å². The molecule has 0 aliphatic carbocycles. The van der Waals surface area contributed by atoms with E-state index in [0.717, 1.165) is 42.4 Å². The molecule has 0 saturated carbocycles. The van der Waals surface area contributed by atoms with Crippen LogP contribution in [0.15, 0.2) is 49.1 Å². The van der Waals surface area contributed by atoms with Crippen LogP contribution in [0.3, 0.4) is 0 Å². The molecule has 11 heteroatoms. The molecule has 0 unspecified atom stereocenters. The fourth-order valence-electron chi connectivity index (χ4n) is 3.16. The summed E-state index contributed by atoms with van der Waals surface area (Å²) in [7, 11) is 0. The predicted octanol–water partition coefficient (Wildman–Crippen LogP) is 3.42. The second-order valence-electron chi connectivity index (χ2n) is 6.94. The van der Waals surface area contributed by atoms with Crippen LogP contribution in [0.25, 0.3) is 5.95 Å². The van der Waals surface area contributed by atoms with Crippen LogP contribution in [-0.2, 0) is 17.4 Å². The summed E-state index contributed by atoms with van der Waals surface area (Å²) in [5.74, 6) is 2.06. The van der Waals surface area contributed by atoms with Gasteiger partial charge in [-0.25, -0.2) is 14.6 Å². The average molecular weight is 448 g/mol. The van der Waals surface area contributed by atoms with E-state index in [2.05, 4.69) is 25.3 Å². The lowest BCUT2D eigenvalue weighted by Crippen LogP contribution is -2.32. The van der Waals surface area contributed by atoms with Crippen molar-refractivity contribution >= 4 is 29.0 Å². The van der Waals surface area contributed by atoms with Crippen molar-refractivity contribution < 1.29 is 18.0 Å². The first kappa shape index (κ1) is 21.2. The number of halogens is 3. The number of hydrogen-bond acceptors (Lipinski definition) is 6. The maximum Gasteiger partial charge on any atom is 0.416 e. The molecule has 1 aliphatic rings. The first-order chi connectivity index (χ1) is 14.9. The Morgan fingerprint density at radius 1 is 1.13 bits per heavy atom. The maximum absolute atomic E-state index is 12.8. The van der Waals surface area contributed by atoms with E-state index in [4.69, 9.17) is 0 Å². The van der Waals surface area contributed by atoms with Crippen molar-refractivity contribution in [2.75, 3.05) is 34.8 Å². The number of rotatable bonds is 5. The molecular weight excluding hydrogens is 429 g/mol. The van der Waals surface area contributed by atoms with Gasteiger partial charge in [0.25, 0.3) is 5.95 Å². The van der Waals surface area contributed by atoms with Gasteiger partial charge in [0.05, 0.1) is 48.1 Å². The van der Waals surface area contributed by atoms with Crippen molar-refractivity contribution in [3.63, 3.8) is 0 Å². The predicted molar refractivity (Wildman–Crippen MR) is 112 cm³/mol. The van der Waals surface area contributed by atoms with E-state index in [0.29, 0.717) is 11.6 Å². The molecule has 0 spiro atoms. The summed E-state index contributed by atoms with van der Waals surface area (Å²) in [5.41, 5.74) is 0.841. The van der Waals surface area contributed by atoms with Gasteiger partial charge >= 0.3 is 6.18 Å². The quantitative estimate of drug-likeness (QED) is 0.645. The van der Waals surface area contributed by atoms with E-state index in [1.54, 1.807) is 18.6 Å². The molecule has 4 rings (SSSR count). The second kappa shape index (κ2) is 8.96. The highest BCUT2D eigenvalue weighted by atomic mass is 32.2. The van der Waals surface area contributed by atoms with Crippen LogP contribution in [0.4, 0.5) is 24.5 Å². The highest BCUT2D eigenvalue weighted by molar-refractivity contribution is 7.99. The standard InChI is InChI=1S/C20H19F3N6OS/c21-20(22,23)15-3-1-2-14(8-15)9-18(30)27-16-10-26-29(13-16)19-24-11-17(12-25-19)28-4-6-31-7-5-28/h1-3,8,10-13H,4-7,9H2,(H,27,30). The van der Waals surface area contributed by atoms with Crippen molar-refractivity contribution in [3.05, 3.63) is 60.2 Å². The molecule has 0 radical (unpaired) electrons. The number of carbonyl (C=O) groups excluding carboxylic acids is 1. The van der Waals surface area contributed by atoms with Crippen molar-refractivity contribution in [2.45, 2.75) is 12.6 Å². The zero-order chi connectivity index (χ0) is 21.8. The molecule has 1 saturated heterocycles. The number of aromatic nitrogens is 4. The zero-order valence-electron chi connectivity index (χ0n) is 16.3. The van der Waals surface area contributed by atoms with Crippen molar-refractivity contribution in [1.29, 1.82) is 0 Å². The summed E-state index contributed by atoms with van der Waals surface area (Å²) in [5, 5.41) is 6.78. The number of nitrogens with zero attached hydrogens (tertiary/aromatic N) is 5. The van der Waals surface area contributed by atoms with Crippen molar-refractivity contribution in [3.8, 4) is 5.95 Å². The molecule has 3 aromatic rings. The van der Waals surface area contributed by atoms with Gasteiger partial charge in [-0.2, -0.15) is 30.0 Å². The van der Waals surface area contributed by atoms with Crippen LogP contribution in [0.2, 0.25) is 0 Å². The van der Waals surface area contributed by atoms with E-state index in [-0.39, 0.29) is 12.0 Å². The van der Waals surface area contributed by atoms with Crippen LogP contribution in [-0.4, -0.2) is 50.3 Å². The third-order valence-electron chi connectivity index (χ3n) is 4.69. The lowest BCUT2D eigenvalue weighted by Gasteiger charge is -2.27. The lowest BCUT2D eigenvalue weighted by atomic mass is 10.1. The number of alkyl halides is 3. The van der Waals surface area contributed by atoms with Gasteiger partial charge in [-0.3, -0.25) is 4.79 Å². The minimum atomic E-state index is -4.45. The largest absolute Gasteiger partial charge is 0.416 e. The SMILES string of the molecule is O=C(Cc1cccc(C(F)(F)F)c1)Nc1cnn(-c2ncc(N3CCSCC3)cn2)c1. The Morgan fingerprint density at radius 2 is 1.87 bits per heavy atom. The first-order valence-electron chi connectivity index (χ1n) is 9.54. The van der Waals surface area contributed by atoms with E-state index in [1.807, 2.05) is 11.8 Å². The minimum Gasteiger partial charge on any atom is -0.367 e. The normalized spacial score (nSPS) is 14.5. The Morgan fingerprint density at radius 3 is 2.58 bits per heavy atom.